The minimum absolute atomic E-state index is 0.0178. The van der Waals surface area contributed by atoms with Gasteiger partial charge in [0.2, 0.25) is 5.91 Å². The Morgan fingerprint density at radius 2 is 1.78 bits per heavy atom. The molecule has 0 saturated heterocycles. The quantitative estimate of drug-likeness (QED) is 0.536. The summed E-state index contributed by atoms with van der Waals surface area (Å²) in [6, 6.07) is 11.5. The molecule has 0 spiro atoms. The zero-order valence-corrected chi connectivity index (χ0v) is 21.2. The van der Waals surface area contributed by atoms with Crippen LogP contribution in [0.1, 0.15) is 44.4 Å². The molecule has 2 aromatic rings. The third-order valence-electron chi connectivity index (χ3n) is 6.23. The molecule has 2 aromatic carbocycles. The van der Waals surface area contributed by atoms with E-state index in [0.717, 1.165) is 5.56 Å². The van der Waals surface area contributed by atoms with Gasteiger partial charge in [-0.05, 0) is 49.9 Å². The molecule has 4 rings (SSSR count). The van der Waals surface area contributed by atoms with Crippen LogP contribution in [0.2, 0.25) is 0 Å². The highest BCUT2D eigenvalue weighted by atomic mass is 32.2. The number of fused-ring (bicyclic) bond motifs is 1. The first-order valence-electron chi connectivity index (χ1n) is 11.8. The van der Waals surface area contributed by atoms with Crippen LogP contribution in [0.5, 0.6) is 0 Å². The van der Waals surface area contributed by atoms with Crippen molar-refractivity contribution in [3.8, 4) is 0 Å². The molecule has 0 saturated carbocycles. The summed E-state index contributed by atoms with van der Waals surface area (Å²) in [6.07, 6.45) is 0.0178. The number of hydrogen-bond acceptors (Lipinski definition) is 5. The van der Waals surface area contributed by atoms with Gasteiger partial charge >= 0.3 is 0 Å². The first-order chi connectivity index (χ1) is 17.3. The fraction of sp³-hybridized carbons (Fsp3) is 0.296. The van der Waals surface area contributed by atoms with Crippen LogP contribution in [0.25, 0.3) is 0 Å². The molecule has 0 bridgehead atoms. The number of allylic oxidation sites excluding steroid dienone is 1. The molecular formula is C27H28F2N4O2S. The number of nitrogens with zero attached hydrogens (tertiary/aromatic N) is 3. The highest BCUT2D eigenvalue weighted by Crippen LogP contribution is 2.45. The van der Waals surface area contributed by atoms with Crippen LogP contribution in [0.15, 0.2) is 75.9 Å². The minimum Gasteiger partial charge on any atom is -0.352 e. The lowest BCUT2D eigenvalue weighted by molar-refractivity contribution is -0.127. The second-order valence-corrected chi connectivity index (χ2v) is 9.31. The van der Waals surface area contributed by atoms with Gasteiger partial charge in [-0.15, -0.1) is 0 Å². The second-order valence-electron chi connectivity index (χ2n) is 8.47. The van der Waals surface area contributed by atoms with E-state index in [-0.39, 0.29) is 30.6 Å². The molecule has 2 amide bonds. The van der Waals surface area contributed by atoms with Crippen LogP contribution < -0.4 is 5.32 Å². The number of hydrogen-bond donors (Lipinski definition) is 1. The van der Waals surface area contributed by atoms with Crippen LogP contribution in [-0.2, 0) is 16.1 Å². The van der Waals surface area contributed by atoms with Crippen LogP contribution >= 0.6 is 11.8 Å². The van der Waals surface area contributed by atoms with Crippen molar-refractivity contribution in [1.82, 2.24) is 15.1 Å². The smallest absolute Gasteiger partial charge is 0.254 e. The standard InChI is InChI=1S/C27H28F2N4O2S/c1-4-32(5-2)26(35)24-17(3)31-27-33(25(24)21-8-6-7-9-22(21)29)20(16-36-27)14-23(34)30-15-18-10-12-19(28)13-11-18/h6-13,16,25H,4-5,14-15H2,1-3H3,(H,30,34)/t25-/m0/s1. The maximum Gasteiger partial charge on any atom is 0.254 e. The average molecular weight is 511 g/mol. The van der Waals surface area contributed by atoms with Gasteiger partial charge in [-0.25, -0.2) is 13.8 Å². The highest BCUT2D eigenvalue weighted by molar-refractivity contribution is 8.16. The van der Waals surface area contributed by atoms with Crippen LogP contribution in [0, 0.1) is 11.6 Å². The summed E-state index contributed by atoms with van der Waals surface area (Å²) < 4.78 is 28.3. The van der Waals surface area contributed by atoms with Crippen molar-refractivity contribution in [2.75, 3.05) is 13.1 Å². The molecule has 0 fully saturated rings. The van der Waals surface area contributed by atoms with Crippen molar-refractivity contribution in [3.63, 3.8) is 0 Å². The van der Waals surface area contributed by atoms with Crippen molar-refractivity contribution in [2.24, 2.45) is 4.99 Å². The Morgan fingerprint density at radius 3 is 2.44 bits per heavy atom. The number of benzene rings is 2. The molecule has 1 N–H and O–H groups in total. The van der Waals surface area contributed by atoms with E-state index in [1.54, 1.807) is 47.1 Å². The number of thioether (sulfide) groups is 1. The predicted octanol–water partition coefficient (Wildman–Crippen LogP) is 5.11. The lowest BCUT2D eigenvalue weighted by atomic mass is 9.92. The normalized spacial score (nSPS) is 16.9. The van der Waals surface area contributed by atoms with Crippen LogP contribution in [0.3, 0.4) is 0 Å². The number of amides is 2. The van der Waals surface area contributed by atoms with E-state index in [9.17, 15) is 14.0 Å². The highest BCUT2D eigenvalue weighted by Gasteiger charge is 2.42. The van der Waals surface area contributed by atoms with Crippen molar-refractivity contribution in [1.29, 1.82) is 0 Å². The number of halogens is 2. The third kappa shape index (κ3) is 5.21. The molecule has 2 heterocycles. The molecule has 36 heavy (non-hydrogen) atoms. The zero-order valence-electron chi connectivity index (χ0n) is 20.4. The van der Waals surface area contributed by atoms with Gasteiger partial charge < -0.3 is 15.1 Å². The molecule has 6 nitrogen and oxygen atoms in total. The summed E-state index contributed by atoms with van der Waals surface area (Å²) in [5.74, 6) is -1.22. The number of aliphatic imine (C=N–C) groups is 1. The zero-order chi connectivity index (χ0) is 25.8. The van der Waals surface area contributed by atoms with Gasteiger partial charge in [0.1, 0.15) is 11.6 Å². The maximum atomic E-state index is 15.1. The third-order valence-corrected chi connectivity index (χ3v) is 7.11. The Hall–Kier alpha value is -3.46. The maximum absolute atomic E-state index is 15.1. The molecule has 0 radical (unpaired) electrons. The SMILES string of the molecule is CCN(CC)C(=O)C1=C(C)N=C2SC=C(CC(=O)NCc3ccc(F)cc3)N2[C@H]1c1ccccc1F. The van der Waals surface area contributed by atoms with Crippen molar-refractivity contribution in [2.45, 2.75) is 39.8 Å². The van der Waals surface area contributed by atoms with E-state index in [1.165, 1.54) is 30.0 Å². The number of likely N-dealkylation sites (N-methyl/N-ethyl adjacent to an activating group) is 1. The Morgan fingerprint density at radius 1 is 1.08 bits per heavy atom. The van der Waals surface area contributed by atoms with Gasteiger partial charge in [-0.1, -0.05) is 42.1 Å². The number of carbonyl (C=O) groups is 2. The Labute approximate surface area is 213 Å². The van der Waals surface area contributed by atoms with E-state index in [4.69, 9.17) is 0 Å². The Bertz CT molecular complexity index is 1250. The monoisotopic (exact) mass is 510 g/mol. The van der Waals surface area contributed by atoms with Crippen molar-refractivity contribution < 1.29 is 18.4 Å². The number of nitrogens with one attached hydrogen (secondary N) is 1. The molecule has 2 aliphatic heterocycles. The lowest BCUT2D eigenvalue weighted by Gasteiger charge is -2.38. The van der Waals surface area contributed by atoms with E-state index < -0.39 is 11.9 Å². The van der Waals surface area contributed by atoms with E-state index in [2.05, 4.69) is 10.3 Å². The van der Waals surface area contributed by atoms with E-state index in [0.29, 0.717) is 40.8 Å². The van der Waals surface area contributed by atoms with Gasteiger partial charge in [-0.2, -0.15) is 0 Å². The first-order valence-corrected chi connectivity index (χ1v) is 12.7. The first kappa shape index (κ1) is 25.6. The summed E-state index contributed by atoms with van der Waals surface area (Å²) in [7, 11) is 0. The lowest BCUT2D eigenvalue weighted by Crippen LogP contribution is -2.42. The molecule has 1 atom stereocenters. The summed E-state index contributed by atoms with van der Waals surface area (Å²) in [6.45, 7) is 6.83. The number of carbonyl (C=O) groups excluding carboxylic acids is 2. The number of amidine groups is 1. The van der Waals surface area contributed by atoms with Gasteiger partial charge in [0.05, 0.1) is 23.7 Å². The van der Waals surface area contributed by atoms with Gasteiger partial charge in [0.15, 0.2) is 5.17 Å². The van der Waals surface area contributed by atoms with Crippen LogP contribution in [0.4, 0.5) is 8.78 Å². The van der Waals surface area contributed by atoms with Crippen molar-refractivity contribution in [3.05, 3.63) is 93.7 Å². The molecule has 0 aliphatic carbocycles. The summed E-state index contributed by atoms with van der Waals surface area (Å²) in [5.41, 5.74) is 2.68. The Balaban J connectivity index is 1.63. The summed E-state index contributed by atoms with van der Waals surface area (Å²) in [5, 5.41) is 5.26. The second kappa shape index (κ2) is 11.1. The van der Waals surface area contributed by atoms with E-state index in [1.807, 2.05) is 19.3 Å². The number of rotatable bonds is 8. The Kier molecular flexibility index (Phi) is 7.88. The molecule has 0 aromatic heterocycles. The fourth-order valence-corrected chi connectivity index (χ4v) is 5.31. The van der Waals surface area contributed by atoms with Gasteiger partial charge in [-0.3, -0.25) is 9.59 Å². The fourth-order valence-electron chi connectivity index (χ4n) is 4.35. The largest absolute Gasteiger partial charge is 0.352 e. The molecule has 0 unspecified atom stereocenters. The predicted molar refractivity (Wildman–Crippen MR) is 138 cm³/mol. The topological polar surface area (TPSA) is 65.0 Å². The molecular weight excluding hydrogens is 482 g/mol. The van der Waals surface area contributed by atoms with Gasteiger partial charge in [0.25, 0.3) is 5.91 Å². The van der Waals surface area contributed by atoms with E-state index >= 15 is 4.39 Å². The summed E-state index contributed by atoms with van der Waals surface area (Å²) in [4.78, 5) is 34.6. The minimum atomic E-state index is -0.752. The molecule has 9 heteroatoms. The van der Waals surface area contributed by atoms with Crippen molar-refractivity contribution >= 4 is 28.7 Å². The average Bonchev–Trinajstić information content (AvgIpc) is 3.25. The molecule has 188 valence electrons. The molecule has 2 aliphatic rings. The van der Waals surface area contributed by atoms with Gasteiger partial charge in [0, 0.05) is 30.9 Å². The summed E-state index contributed by atoms with van der Waals surface area (Å²) >= 11 is 1.34. The van der Waals surface area contributed by atoms with Crippen LogP contribution in [-0.4, -0.2) is 39.9 Å².